The molecule has 0 bridgehead atoms. The highest BCUT2D eigenvalue weighted by molar-refractivity contribution is 5.87. The van der Waals surface area contributed by atoms with Gasteiger partial charge in [0.2, 0.25) is 11.2 Å². The van der Waals surface area contributed by atoms with Gasteiger partial charge in [-0.1, -0.05) is 36.4 Å². The second kappa shape index (κ2) is 6.76. The number of fused-ring (bicyclic) bond motifs is 1. The van der Waals surface area contributed by atoms with Crippen LogP contribution in [0.15, 0.2) is 51.7 Å². The van der Waals surface area contributed by atoms with Crippen molar-refractivity contribution in [2.45, 2.75) is 12.8 Å². The van der Waals surface area contributed by atoms with Crippen molar-refractivity contribution in [3.63, 3.8) is 0 Å². The molecule has 0 aliphatic rings. The number of hydrogen-bond acceptors (Lipinski definition) is 5. The lowest BCUT2D eigenvalue weighted by atomic mass is 10.0. The summed E-state index contributed by atoms with van der Waals surface area (Å²) >= 11 is 0. The third-order valence-electron chi connectivity index (χ3n) is 3.92. The minimum absolute atomic E-state index is 0.0655. The molecule has 0 saturated carbocycles. The molecule has 1 aromatic heterocycles. The molecule has 0 atom stereocenters. The molecular weight excluding hydrogens is 308 g/mol. The van der Waals surface area contributed by atoms with Crippen molar-refractivity contribution in [3.05, 3.63) is 58.3 Å². The maximum absolute atomic E-state index is 12.5. The van der Waals surface area contributed by atoms with Crippen LogP contribution in [0.3, 0.4) is 0 Å². The molecule has 0 spiro atoms. The number of ether oxygens (including phenoxy) is 1. The maximum atomic E-state index is 12.5. The van der Waals surface area contributed by atoms with Crippen LogP contribution in [0.4, 0.5) is 0 Å². The van der Waals surface area contributed by atoms with Crippen LogP contribution >= 0.6 is 0 Å². The van der Waals surface area contributed by atoms with Gasteiger partial charge in [-0.15, -0.1) is 0 Å². The summed E-state index contributed by atoms with van der Waals surface area (Å²) in [4.78, 5) is 12.5. The Labute approximate surface area is 138 Å². The van der Waals surface area contributed by atoms with Gasteiger partial charge in [0, 0.05) is 12.2 Å². The summed E-state index contributed by atoms with van der Waals surface area (Å²) in [6, 6.07) is 12.3. The van der Waals surface area contributed by atoms with Gasteiger partial charge < -0.3 is 19.4 Å². The quantitative estimate of drug-likeness (QED) is 0.753. The van der Waals surface area contributed by atoms with Crippen LogP contribution in [0.5, 0.6) is 11.5 Å². The van der Waals surface area contributed by atoms with Crippen LogP contribution in [0, 0.1) is 0 Å². The summed E-state index contributed by atoms with van der Waals surface area (Å²) in [5.74, 6) is 0.153. The number of rotatable bonds is 5. The van der Waals surface area contributed by atoms with Gasteiger partial charge in [0.05, 0.1) is 12.5 Å². The molecule has 0 aliphatic carbocycles. The number of benzene rings is 2. The lowest BCUT2D eigenvalue weighted by Crippen LogP contribution is -2.05. The molecule has 0 fully saturated rings. The van der Waals surface area contributed by atoms with Crippen molar-refractivity contribution in [2.75, 3.05) is 13.7 Å². The number of hydrogen-bond donors (Lipinski definition) is 2. The third-order valence-corrected chi connectivity index (χ3v) is 3.92. The largest absolute Gasteiger partial charge is 0.502 e. The Morgan fingerprint density at radius 3 is 2.54 bits per heavy atom. The second-order valence-electron chi connectivity index (χ2n) is 5.44. The van der Waals surface area contributed by atoms with Gasteiger partial charge in [-0.05, 0) is 24.5 Å². The molecule has 0 aliphatic heterocycles. The minimum Gasteiger partial charge on any atom is -0.502 e. The number of aromatic hydroxyl groups is 1. The lowest BCUT2D eigenvalue weighted by Gasteiger charge is -2.12. The first-order valence-electron chi connectivity index (χ1n) is 7.69. The fraction of sp³-hybridized carbons (Fsp3) is 0.211. The Balaban J connectivity index is 2.29. The fourth-order valence-corrected chi connectivity index (χ4v) is 2.74. The van der Waals surface area contributed by atoms with Gasteiger partial charge in [-0.25, -0.2) is 0 Å². The molecule has 3 aromatic rings. The Morgan fingerprint density at radius 2 is 1.88 bits per heavy atom. The van der Waals surface area contributed by atoms with Crippen molar-refractivity contribution in [1.82, 2.24) is 0 Å². The first-order chi connectivity index (χ1) is 11.7. The van der Waals surface area contributed by atoms with E-state index in [9.17, 15) is 9.90 Å². The van der Waals surface area contributed by atoms with Crippen LogP contribution in [0.2, 0.25) is 0 Å². The highest BCUT2D eigenvalue weighted by atomic mass is 16.5. The Kier molecular flexibility index (Phi) is 4.53. The topological polar surface area (TPSA) is 79.9 Å². The SMILES string of the molecule is COc1c(CCCO)ccc2c(=O)c(O)c(-c3ccccc3)oc12. The zero-order valence-electron chi connectivity index (χ0n) is 13.3. The second-order valence-corrected chi connectivity index (χ2v) is 5.44. The average Bonchev–Trinajstić information content (AvgIpc) is 2.63. The van der Waals surface area contributed by atoms with Crippen molar-refractivity contribution in [3.8, 4) is 22.8 Å². The molecule has 24 heavy (non-hydrogen) atoms. The van der Waals surface area contributed by atoms with Crippen LogP contribution in [0.1, 0.15) is 12.0 Å². The van der Waals surface area contributed by atoms with Gasteiger partial charge in [0.15, 0.2) is 17.1 Å². The summed E-state index contributed by atoms with van der Waals surface area (Å²) in [5, 5.41) is 19.5. The molecule has 0 saturated heterocycles. The normalized spacial score (nSPS) is 10.9. The van der Waals surface area contributed by atoms with Gasteiger partial charge in [0.25, 0.3) is 0 Å². The highest BCUT2D eigenvalue weighted by Crippen LogP contribution is 2.35. The maximum Gasteiger partial charge on any atom is 0.235 e. The Hall–Kier alpha value is -2.79. The van der Waals surface area contributed by atoms with Crippen molar-refractivity contribution >= 4 is 11.0 Å². The standard InChI is InChI=1S/C19H18O5/c1-23-18-13(8-5-11-20)9-10-14-15(21)16(22)17(24-19(14)18)12-6-3-2-4-7-12/h2-4,6-7,9-10,20,22H,5,8,11H2,1H3. The van der Waals surface area contributed by atoms with Gasteiger partial charge >= 0.3 is 0 Å². The van der Waals surface area contributed by atoms with Gasteiger partial charge in [-0.2, -0.15) is 0 Å². The zero-order valence-corrected chi connectivity index (χ0v) is 13.3. The van der Waals surface area contributed by atoms with E-state index in [1.165, 1.54) is 7.11 Å². The molecule has 0 unspecified atom stereocenters. The molecule has 0 amide bonds. The predicted molar refractivity (Wildman–Crippen MR) is 91.5 cm³/mol. The zero-order chi connectivity index (χ0) is 17.1. The first-order valence-corrected chi connectivity index (χ1v) is 7.69. The summed E-state index contributed by atoms with van der Waals surface area (Å²) in [6.07, 6.45) is 1.18. The van der Waals surface area contributed by atoms with Crippen molar-refractivity contribution in [2.24, 2.45) is 0 Å². The molecule has 3 rings (SSSR count). The molecule has 5 nitrogen and oxygen atoms in total. The van der Waals surface area contributed by atoms with E-state index < -0.39 is 11.2 Å². The molecule has 0 radical (unpaired) electrons. The van der Waals surface area contributed by atoms with E-state index in [4.69, 9.17) is 14.3 Å². The summed E-state index contributed by atoms with van der Waals surface area (Å²) in [5.41, 5.74) is 1.25. The van der Waals surface area contributed by atoms with E-state index in [0.717, 1.165) is 5.56 Å². The number of aliphatic hydroxyl groups is 1. The van der Waals surface area contributed by atoms with E-state index >= 15 is 0 Å². The van der Waals surface area contributed by atoms with Gasteiger partial charge in [-0.3, -0.25) is 4.79 Å². The smallest absolute Gasteiger partial charge is 0.235 e. The number of aryl methyl sites for hydroxylation is 1. The van der Waals surface area contributed by atoms with Crippen molar-refractivity contribution in [1.29, 1.82) is 0 Å². The van der Waals surface area contributed by atoms with Crippen LogP contribution in [-0.2, 0) is 6.42 Å². The number of aliphatic hydroxyl groups excluding tert-OH is 1. The minimum atomic E-state index is -0.498. The van der Waals surface area contributed by atoms with E-state index in [0.29, 0.717) is 29.7 Å². The Morgan fingerprint density at radius 1 is 1.12 bits per heavy atom. The third kappa shape index (κ3) is 2.74. The molecule has 2 aromatic carbocycles. The molecular formula is C19H18O5. The summed E-state index contributed by atoms with van der Waals surface area (Å²) < 4.78 is 11.3. The number of methoxy groups -OCH3 is 1. The first kappa shape index (κ1) is 16.1. The van der Waals surface area contributed by atoms with Crippen LogP contribution in [0.25, 0.3) is 22.3 Å². The monoisotopic (exact) mass is 326 g/mol. The van der Waals surface area contributed by atoms with Crippen molar-refractivity contribution < 1.29 is 19.4 Å². The van der Waals surface area contributed by atoms with E-state index in [-0.39, 0.29) is 17.8 Å². The van der Waals surface area contributed by atoms with E-state index in [1.807, 2.05) is 6.07 Å². The molecule has 5 heteroatoms. The molecule has 1 heterocycles. The van der Waals surface area contributed by atoms with E-state index in [1.54, 1.807) is 36.4 Å². The van der Waals surface area contributed by atoms with Crippen LogP contribution < -0.4 is 10.2 Å². The molecule has 124 valence electrons. The molecule has 2 N–H and O–H groups in total. The highest BCUT2D eigenvalue weighted by Gasteiger charge is 2.19. The lowest BCUT2D eigenvalue weighted by molar-refractivity contribution is 0.287. The summed E-state index contributed by atoms with van der Waals surface area (Å²) in [7, 11) is 1.51. The average molecular weight is 326 g/mol. The summed E-state index contributed by atoms with van der Waals surface area (Å²) in [6.45, 7) is 0.0655. The fourth-order valence-electron chi connectivity index (χ4n) is 2.74. The Bertz CT molecular complexity index is 912. The van der Waals surface area contributed by atoms with Crippen LogP contribution in [-0.4, -0.2) is 23.9 Å². The van der Waals surface area contributed by atoms with E-state index in [2.05, 4.69) is 0 Å². The van der Waals surface area contributed by atoms with Gasteiger partial charge in [0.1, 0.15) is 0 Å². The predicted octanol–water partition coefficient (Wildman–Crippen LogP) is 3.10.